The lowest BCUT2D eigenvalue weighted by atomic mass is 10.2. The van der Waals surface area contributed by atoms with Crippen molar-refractivity contribution < 1.29 is 17.2 Å². The molecular formula is C7H7ClF2N2O2S. The van der Waals surface area contributed by atoms with Crippen molar-refractivity contribution in [3.8, 4) is 0 Å². The molecule has 0 aromatic carbocycles. The van der Waals surface area contributed by atoms with Crippen LogP contribution < -0.4 is 5.14 Å². The van der Waals surface area contributed by atoms with E-state index in [0.717, 1.165) is 6.20 Å². The molecule has 0 aliphatic rings. The molecule has 0 amide bonds. The highest BCUT2D eigenvalue weighted by molar-refractivity contribution is 7.89. The molecule has 0 spiro atoms. The van der Waals surface area contributed by atoms with Gasteiger partial charge in [0.15, 0.2) is 0 Å². The van der Waals surface area contributed by atoms with Crippen LogP contribution in [0.4, 0.5) is 8.78 Å². The Hall–Kier alpha value is -0.790. The fourth-order valence-corrected chi connectivity index (χ4v) is 2.12. The number of nitrogens with zero attached hydrogens (tertiary/aromatic N) is 1. The molecule has 2 N–H and O–H groups in total. The zero-order valence-corrected chi connectivity index (χ0v) is 9.11. The van der Waals surface area contributed by atoms with Gasteiger partial charge in [-0.3, -0.25) is 0 Å². The van der Waals surface area contributed by atoms with E-state index in [1.165, 1.54) is 6.92 Å². The van der Waals surface area contributed by atoms with Crippen LogP contribution in [0.3, 0.4) is 0 Å². The van der Waals surface area contributed by atoms with E-state index in [0.29, 0.717) is 0 Å². The summed E-state index contributed by atoms with van der Waals surface area (Å²) in [5.41, 5.74) is -0.782. The molecule has 4 nitrogen and oxygen atoms in total. The van der Waals surface area contributed by atoms with Crippen molar-refractivity contribution in [1.82, 2.24) is 4.98 Å². The molecule has 0 bridgehead atoms. The summed E-state index contributed by atoms with van der Waals surface area (Å²) in [6.45, 7) is 1.20. The number of sulfonamides is 1. The zero-order valence-electron chi connectivity index (χ0n) is 7.54. The molecule has 8 heteroatoms. The minimum Gasteiger partial charge on any atom is -0.243 e. The van der Waals surface area contributed by atoms with E-state index in [1.807, 2.05) is 0 Å². The van der Waals surface area contributed by atoms with Crippen LogP contribution in [-0.2, 0) is 10.0 Å². The molecule has 84 valence electrons. The van der Waals surface area contributed by atoms with Crippen LogP contribution in [0.1, 0.15) is 17.6 Å². The number of alkyl halides is 2. The number of halogens is 3. The Bertz CT molecular complexity index is 490. The number of primary sulfonamides is 1. The molecular weight excluding hydrogens is 250 g/mol. The predicted octanol–water partition coefficient (Wildman–Crippen LogP) is 1.63. The topological polar surface area (TPSA) is 73.1 Å². The smallest absolute Gasteiger partial charge is 0.243 e. The van der Waals surface area contributed by atoms with Crippen molar-refractivity contribution >= 4 is 21.6 Å². The molecule has 1 heterocycles. The summed E-state index contributed by atoms with van der Waals surface area (Å²) in [4.78, 5) is 2.91. The second-order valence-corrected chi connectivity index (χ2v) is 4.69. The van der Waals surface area contributed by atoms with Gasteiger partial charge >= 0.3 is 0 Å². The summed E-state index contributed by atoms with van der Waals surface area (Å²) < 4.78 is 47.0. The summed E-state index contributed by atoms with van der Waals surface area (Å²) in [6.07, 6.45) is -2.04. The highest BCUT2D eigenvalue weighted by atomic mass is 35.5. The van der Waals surface area contributed by atoms with Crippen LogP contribution in [0.5, 0.6) is 0 Å². The largest absolute Gasteiger partial charge is 0.267 e. The number of rotatable bonds is 2. The van der Waals surface area contributed by atoms with Gasteiger partial charge in [0.1, 0.15) is 10.0 Å². The second kappa shape index (κ2) is 3.99. The molecule has 0 fully saturated rings. The van der Waals surface area contributed by atoms with Gasteiger partial charge in [0, 0.05) is 6.20 Å². The monoisotopic (exact) mass is 256 g/mol. The lowest BCUT2D eigenvalue weighted by Crippen LogP contribution is -2.15. The lowest BCUT2D eigenvalue weighted by Gasteiger charge is -2.09. The van der Waals surface area contributed by atoms with Crippen LogP contribution in [0, 0.1) is 6.92 Å². The number of aromatic nitrogens is 1. The molecule has 1 aromatic rings. The van der Waals surface area contributed by atoms with Crippen molar-refractivity contribution in [2.75, 3.05) is 0 Å². The molecule has 15 heavy (non-hydrogen) atoms. The van der Waals surface area contributed by atoms with Gasteiger partial charge in [-0.15, -0.1) is 0 Å². The minimum absolute atomic E-state index is 0.174. The maximum absolute atomic E-state index is 12.5. The van der Waals surface area contributed by atoms with Crippen LogP contribution in [0.2, 0.25) is 5.15 Å². The number of nitrogens with two attached hydrogens (primary N) is 1. The van der Waals surface area contributed by atoms with Crippen LogP contribution in [0.25, 0.3) is 0 Å². The van der Waals surface area contributed by atoms with Gasteiger partial charge in [-0.1, -0.05) is 11.6 Å². The SMILES string of the molecule is Cc1c(S(N)(=O)=O)cnc(Cl)c1C(F)F. The average Bonchev–Trinajstić information content (AvgIpc) is 2.00. The van der Waals surface area contributed by atoms with Crippen molar-refractivity contribution in [2.24, 2.45) is 5.14 Å². The molecule has 0 aliphatic heterocycles. The lowest BCUT2D eigenvalue weighted by molar-refractivity contribution is 0.150. The Balaban J connectivity index is 3.56. The Morgan fingerprint density at radius 1 is 1.53 bits per heavy atom. The summed E-state index contributed by atoms with van der Waals surface area (Å²) in [7, 11) is -4.06. The summed E-state index contributed by atoms with van der Waals surface area (Å²) >= 11 is 5.42. The predicted molar refractivity (Wildman–Crippen MR) is 50.3 cm³/mol. The Kier molecular flexibility index (Phi) is 3.27. The third kappa shape index (κ3) is 2.42. The molecule has 1 aromatic heterocycles. The molecule has 0 atom stereocenters. The van der Waals surface area contributed by atoms with Gasteiger partial charge in [0.2, 0.25) is 10.0 Å². The third-order valence-corrected chi connectivity index (χ3v) is 3.14. The first-order chi connectivity index (χ1) is 6.75. The van der Waals surface area contributed by atoms with Gasteiger partial charge in [0.25, 0.3) is 6.43 Å². The minimum atomic E-state index is -4.06. The maximum Gasteiger partial charge on any atom is 0.267 e. The van der Waals surface area contributed by atoms with Gasteiger partial charge in [-0.2, -0.15) is 0 Å². The third-order valence-electron chi connectivity index (χ3n) is 1.82. The summed E-state index contributed by atoms with van der Waals surface area (Å²) in [5.74, 6) is 0. The van der Waals surface area contributed by atoms with Crippen molar-refractivity contribution in [3.05, 3.63) is 22.5 Å². The average molecular weight is 257 g/mol. The first-order valence-electron chi connectivity index (χ1n) is 3.71. The van der Waals surface area contributed by atoms with Crippen molar-refractivity contribution in [2.45, 2.75) is 18.2 Å². The maximum atomic E-state index is 12.5. The Morgan fingerprint density at radius 2 is 2.07 bits per heavy atom. The number of pyridine rings is 1. The Morgan fingerprint density at radius 3 is 2.47 bits per heavy atom. The number of hydrogen-bond acceptors (Lipinski definition) is 3. The van der Waals surface area contributed by atoms with E-state index in [2.05, 4.69) is 4.98 Å². The first kappa shape index (κ1) is 12.3. The van der Waals surface area contributed by atoms with Gasteiger partial charge < -0.3 is 0 Å². The molecule has 0 radical (unpaired) electrons. The second-order valence-electron chi connectivity index (χ2n) is 2.80. The van der Waals surface area contributed by atoms with E-state index in [4.69, 9.17) is 16.7 Å². The fourth-order valence-electron chi connectivity index (χ4n) is 1.11. The highest BCUT2D eigenvalue weighted by Gasteiger charge is 2.22. The van der Waals surface area contributed by atoms with E-state index in [1.54, 1.807) is 0 Å². The summed E-state index contributed by atoms with van der Waals surface area (Å²) in [6, 6.07) is 0. The van der Waals surface area contributed by atoms with E-state index >= 15 is 0 Å². The van der Waals surface area contributed by atoms with E-state index in [-0.39, 0.29) is 5.56 Å². The molecule has 1 rings (SSSR count). The van der Waals surface area contributed by atoms with Crippen molar-refractivity contribution in [1.29, 1.82) is 0 Å². The first-order valence-corrected chi connectivity index (χ1v) is 5.63. The standard InChI is InChI=1S/C7H7ClF2N2O2S/c1-3-4(15(11,13)14)2-12-6(8)5(3)7(9)10/h2,7H,1H3,(H2,11,13,14). The van der Waals surface area contributed by atoms with Crippen molar-refractivity contribution in [3.63, 3.8) is 0 Å². The van der Waals surface area contributed by atoms with E-state index in [9.17, 15) is 17.2 Å². The van der Waals surface area contributed by atoms with Crippen LogP contribution in [0.15, 0.2) is 11.1 Å². The van der Waals surface area contributed by atoms with Gasteiger partial charge in [-0.05, 0) is 12.5 Å². The fraction of sp³-hybridized carbons (Fsp3) is 0.286. The van der Waals surface area contributed by atoms with Crippen LogP contribution in [-0.4, -0.2) is 13.4 Å². The van der Waals surface area contributed by atoms with Gasteiger partial charge in [-0.25, -0.2) is 27.3 Å². The highest BCUT2D eigenvalue weighted by Crippen LogP contribution is 2.31. The molecule has 0 saturated carbocycles. The zero-order chi connectivity index (χ0) is 11.8. The number of hydrogen-bond donors (Lipinski definition) is 1. The molecule has 0 unspecified atom stereocenters. The normalized spacial score (nSPS) is 12.1. The van der Waals surface area contributed by atoms with Crippen LogP contribution >= 0.6 is 11.6 Å². The summed E-state index contributed by atoms with van der Waals surface area (Å²) in [5, 5.41) is 4.40. The van der Waals surface area contributed by atoms with Gasteiger partial charge in [0.05, 0.1) is 5.56 Å². The van der Waals surface area contributed by atoms with E-state index < -0.39 is 32.1 Å². The Labute approximate surface area is 90.1 Å². The molecule has 0 aliphatic carbocycles. The quantitative estimate of drug-likeness (QED) is 0.818. The molecule has 0 saturated heterocycles.